The minimum Gasteiger partial charge on any atom is -0.475 e. The molecule has 8 nitrogen and oxygen atoms in total. The molecule has 1 fully saturated rings. The van der Waals surface area contributed by atoms with Crippen LogP contribution in [-0.2, 0) is 11.3 Å². The van der Waals surface area contributed by atoms with Gasteiger partial charge in [0.15, 0.2) is 5.69 Å². The van der Waals surface area contributed by atoms with Gasteiger partial charge in [-0.1, -0.05) is 37.3 Å². The van der Waals surface area contributed by atoms with Crippen molar-refractivity contribution in [2.24, 2.45) is 11.7 Å². The molecule has 166 valence electrons. The Balaban J connectivity index is 0.000000516. The Hall–Kier alpha value is -2.17. The molecular formula is C18H30F3N5O3. The van der Waals surface area contributed by atoms with Crippen molar-refractivity contribution >= 4 is 11.9 Å². The maximum Gasteiger partial charge on any atom is 0.490 e. The molecule has 1 aromatic rings. The summed E-state index contributed by atoms with van der Waals surface area (Å²) >= 11 is 0. The largest absolute Gasteiger partial charge is 0.490 e. The summed E-state index contributed by atoms with van der Waals surface area (Å²) in [4.78, 5) is 20.9. The summed E-state index contributed by atoms with van der Waals surface area (Å²) in [5.41, 5.74) is 5.87. The van der Waals surface area contributed by atoms with E-state index in [4.69, 9.17) is 15.6 Å². The zero-order chi connectivity index (χ0) is 21.7. The fraction of sp³-hybridized carbons (Fsp3) is 0.778. The number of carbonyl (C=O) groups excluding carboxylic acids is 1. The summed E-state index contributed by atoms with van der Waals surface area (Å²) in [6.45, 7) is 2.18. The van der Waals surface area contributed by atoms with Crippen LogP contribution in [-0.4, -0.2) is 51.2 Å². The molecule has 1 aromatic heterocycles. The minimum atomic E-state index is -5.08. The van der Waals surface area contributed by atoms with E-state index in [1.807, 2.05) is 0 Å². The van der Waals surface area contributed by atoms with E-state index in [0.717, 1.165) is 38.3 Å². The van der Waals surface area contributed by atoms with Gasteiger partial charge in [-0.2, -0.15) is 13.2 Å². The van der Waals surface area contributed by atoms with Gasteiger partial charge in [0.2, 0.25) is 0 Å². The molecule has 0 spiro atoms. The Labute approximate surface area is 168 Å². The molecule has 0 aromatic carbocycles. The van der Waals surface area contributed by atoms with Gasteiger partial charge in [0.05, 0.1) is 6.20 Å². The van der Waals surface area contributed by atoms with Gasteiger partial charge in [0, 0.05) is 13.1 Å². The topological polar surface area (TPSA) is 123 Å². The molecule has 0 atom stereocenters. The van der Waals surface area contributed by atoms with E-state index < -0.39 is 12.1 Å². The van der Waals surface area contributed by atoms with Crippen molar-refractivity contribution in [1.29, 1.82) is 0 Å². The van der Waals surface area contributed by atoms with Gasteiger partial charge in [-0.05, 0) is 38.1 Å². The van der Waals surface area contributed by atoms with Crippen molar-refractivity contribution in [3.63, 3.8) is 0 Å². The quantitative estimate of drug-likeness (QED) is 0.527. The van der Waals surface area contributed by atoms with Crippen LogP contribution in [0.1, 0.15) is 68.3 Å². The van der Waals surface area contributed by atoms with Crippen LogP contribution in [0, 0.1) is 5.92 Å². The number of nitrogens with two attached hydrogens (primary N) is 1. The Bertz CT molecular complexity index is 616. The number of carboxylic acid groups (broad SMARTS) is 1. The summed E-state index contributed by atoms with van der Waals surface area (Å²) in [6.07, 6.45) is 7.73. The van der Waals surface area contributed by atoms with Gasteiger partial charge in [-0.15, -0.1) is 5.10 Å². The first-order valence-electron chi connectivity index (χ1n) is 9.92. The molecule has 1 amide bonds. The third-order valence-electron chi connectivity index (χ3n) is 4.65. The number of unbranched alkanes of at least 4 members (excludes halogenated alkanes) is 1. The first-order chi connectivity index (χ1) is 13.7. The predicted octanol–water partition coefficient (Wildman–Crippen LogP) is 2.74. The van der Waals surface area contributed by atoms with Gasteiger partial charge < -0.3 is 16.2 Å². The van der Waals surface area contributed by atoms with E-state index in [1.165, 1.54) is 38.5 Å². The number of aliphatic carboxylic acids is 1. The molecule has 29 heavy (non-hydrogen) atoms. The molecule has 11 heteroatoms. The normalized spacial score (nSPS) is 14.8. The number of nitrogens with zero attached hydrogens (tertiary/aromatic N) is 3. The van der Waals surface area contributed by atoms with Crippen LogP contribution in [0.2, 0.25) is 0 Å². The van der Waals surface area contributed by atoms with Crippen molar-refractivity contribution < 1.29 is 27.9 Å². The SMILES string of the molecule is NCCCCn1cc(C(=O)NCCCC2CCCCC2)nn1.O=C(O)C(F)(F)F. The molecular weight excluding hydrogens is 391 g/mol. The summed E-state index contributed by atoms with van der Waals surface area (Å²) in [6, 6.07) is 0. The zero-order valence-electron chi connectivity index (χ0n) is 16.5. The van der Waals surface area contributed by atoms with Crippen LogP contribution in [0.4, 0.5) is 13.2 Å². The van der Waals surface area contributed by atoms with E-state index in [9.17, 15) is 18.0 Å². The molecule has 4 N–H and O–H groups in total. The number of hydrogen-bond acceptors (Lipinski definition) is 5. The fourth-order valence-corrected chi connectivity index (χ4v) is 3.09. The van der Waals surface area contributed by atoms with E-state index in [-0.39, 0.29) is 5.91 Å². The van der Waals surface area contributed by atoms with Crippen molar-refractivity contribution in [3.8, 4) is 0 Å². The lowest BCUT2D eigenvalue weighted by Crippen LogP contribution is -2.25. The Kier molecular flexibility index (Phi) is 11.3. The number of halogens is 3. The van der Waals surface area contributed by atoms with E-state index >= 15 is 0 Å². The zero-order valence-corrected chi connectivity index (χ0v) is 16.5. The molecule has 0 bridgehead atoms. The number of rotatable bonds is 9. The lowest BCUT2D eigenvalue weighted by atomic mass is 9.86. The van der Waals surface area contributed by atoms with Gasteiger partial charge in [-0.3, -0.25) is 9.48 Å². The van der Waals surface area contributed by atoms with Crippen molar-refractivity contribution in [2.45, 2.75) is 70.5 Å². The molecule has 2 rings (SSSR count). The predicted molar refractivity (Wildman–Crippen MR) is 100 cm³/mol. The summed E-state index contributed by atoms with van der Waals surface area (Å²) in [5.74, 6) is -2.00. The van der Waals surface area contributed by atoms with E-state index in [2.05, 4.69) is 15.6 Å². The number of hydrogen-bond donors (Lipinski definition) is 3. The highest BCUT2D eigenvalue weighted by molar-refractivity contribution is 5.91. The Morgan fingerprint density at radius 1 is 1.21 bits per heavy atom. The minimum absolute atomic E-state index is 0.117. The number of carboxylic acids is 1. The fourth-order valence-electron chi connectivity index (χ4n) is 3.09. The average molecular weight is 421 g/mol. The van der Waals surface area contributed by atoms with Crippen LogP contribution >= 0.6 is 0 Å². The number of amides is 1. The first-order valence-corrected chi connectivity index (χ1v) is 9.92. The molecule has 1 aliphatic carbocycles. The second-order valence-electron chi connectivity index (χ2n) is 7.07. The second kappa shape index (κ2) is 13.1. The lowest BCUT2D eigenvalue weighted by molar-refractivity contribution is -0.192. The summed E-state index contributed by atoms with van der Waals surface area (Å²) in [7, 11) is 0. The number of carbonyl (C=O) groups is 2. The smallest absolute Gasteiger partial charge is 0.475 e. The lowest BCUT2D eigenvalue weighted by Gasteiger charge is -2.21. The molecule has 1 heterocycles. The van der Waals surface area contributed by atoms with Crippen LogP contribution in [0.15, 0.2) is 6.20 Å². The maximum atomic E-state index is 12.0. The van der Waals surface area contributed by atoms with Crippen LogP contribution in [0.25, 0.3) is 0 Å². The molecule has 0 radical (unpaired) electrons. The highest BCUT2D eigenvalue weighted by Gasteiger charge is 2.38. The molecule has 1 aliphatic rings. The summed E-state index contributed by atoms with van der Waals surface area (Å²) < 4.78 is 33.5. The Morgan fingerprint density at radius 3 is 2.45 bits per heavy atom. The number of aryl methyl sites for hydroxylation is 1. The third kappa shape index (κ3) is 10.8. The molecule has 0 unspecified atom stereocenters. The number of aromatic nitrogens is 3. The highest BCUT2D eigenvalue weighted by atomic mass is 19.4. The van der Waals surface area contributed by atoms with E-state index in [1.54, 1.807) is 10.9 Å². The Morgan fingerprint density at radius 2 is 1.86 bits per heavy atom. The van der Waals surface area contributed by atoms with Gasteiger partial charge in [0.1, 0.15) is 0 Å². The maximum absolute atomic E-state index is 12.0. The average Bonchev–Trinajstić information content (AvgIpc) is 3.15. The molecule has 0 saturated heterocycles. The van der Waals surface area contributed by atoms with Crippen LogP contribution < -0.4 is 11.1 Å². The standard InChI is InChI=1S/C16H29N5O.C2HF3O2/c17-10-4-5-12-21-13-15(19-20-21)16(22)18-11-6-9-14-7-2-1-3-8-14;3-2(4,5)1(6)7/h13-14H,1-12,17H2,(H,18,22);(H,6,7). The van der Waals surface area contributed by atoms with Gasteiger partial charge >= 0.3 is 12.1 Å². The number of alkyl halides is 3. The van der Waals surface area contributed by atoms with Crippen LogP contribution in [0.3, 0.4) is 0 Å². The third-order valence-corrected chi connectivity index (χ3v) is 4.65. The molecule has 0 aliphatic heterocycles. The monoisotopic (exact) mass is 421 g/mol. The second-order valence-corrected chi connectivity index (χ2v) is 7.07. The van der Waals surface area contributed by atoms with Gasteiger partial charge in [-0.25, -0.2) is 4.79 Å². The van der Waals surface area contributed by atoms with Crippen molar-refractivity contribution in [2.75, 3.05) is 13.1 Å². The summed E-state index contributed by atoms with van der Waals surface area (Å²) in [5, 5.41) is 18.0. The van der Waals surface area contributed by atoms with Crippen molar-refractivity contribution in [3.05, 3.63) is 11.9 Å². The van der Waals surface area contributed by atoms with Gasteiger partial charge in [0.25, 0.3) is 5.91 Å². The molecule has 1 saturated carbocycles. The van der Waals surface area contributed by atoms with Crippen LogP contribution in [0.5, 0.6) is 0 Å². The van der Waals surface area contributed by atoms with E-state index in [0.29, 0.717) is 12.2 Å². The van der Waals surface area contributed by atoms with Crippen molar-refractivity contribution in [1.82, 2.24) is 20.3 Å². The highest BCUT2D eigenvalue weighted by Crippen LogP contribution is 2.26. The first kappa shape index (κ1) is 24.9. The number of nitrogens with one attached hydrogen (secondary N) is 1.